The molecule has 0 aromatic carbocycles. The first-order valence-electron chi connectivity index (χ1n) is 11.4. The van der Waals surface area contributed by atoms with Crippen LogP contribution in [0.5, 0.6) is 0 Å². The SMILES string of the molecule is CC(C)CCC(C)(C)C1CCC(OC(=O)C(C)(CC(C)(C)C)C(C)C)CC1. The molecule has 0 spiro atoms. The van der Waals surface area contributed by atoms with Crippen LogP contribution in [0.15, 0.2) is 0 Å². The van der Waals surface area contributed by atoms with Gasteiger partial charge in [0.05, 0.1) is 5.41 Å². The van der Waals surface area contributed by atoms with E-state index in [1.54, 1.807) is 0 Å². The molecule has 2 nitrogen and oxygen atoms in total. The number of esters is 1. The van der Waals surface area contributed by atoms with Crippen LogP contribution in [-0.4, -0.2) is 12.1 Å². The second-order valence-corrected chi connectivity index (χ2v) is 12.1. The maximum Gasteiger partial charge on any atom is 0.312 e. The van der Waals surface area contributed by atoms with E-state index in [0.717, 1.165) is 31.1 Å². The maximum atomic E-state index is 13.1. The number of carbonyl (C=O) groups is 1. The van der Waals surface area contributed by atoms with E-state index in [-0.39, 0.29) is 23.4 Å². The Bertz CT molecular complexity index is 461. The Hall–Kier alpha value is -0.530. The molecule has 1 aliphatic rings. The summed E-state index contributed by atoms with van der Waals surface area (Å²) in [5.41, 5.74) is 0.125. The van der Waals surface area contributed by atoms with Gasteiger partial charge in [-0.1, -0.05) is 68.7 Å². The molecule has 0 heterocycles. The Balaban J connectivity index is 2.63. The van der Waals surface area contributed by atoms with Gasteiger partial charge in [-0.25, -0.2) is 0 Å². The van der Waals surface area contributed by atoms with E-state index in [2.05, 4.69) is 69.2 Å². The standard InChI is InChI=1S/C25H48O2/c1-18(2)15-16-24(8,9)20-11-13-21(14-12-20)27-22(26)25(10,19(3)4)17-23(5,6)7/h18-21H,11-17H2,1-10H3. The van der Waals surface area contributed by atoms with Gasteiger partial charge in [0.1, 0.15) is 6.10 Å². The summed E-state index contributed by atoms with van der Waals surface area (Å²) in [5, 5.41) is 0. The van der Waals surface area contributed by atoms with E-state index in [1.807, 2.05) is 0 Å². The molecular formula is C25H48O2. The zero-order valence-electron chi connectivity index (χ0n) is 20.1. The van der Waals surface area contributed by atoms with E-state index < -0.39 is 5.41 Å². The van der Waals surface area contributed by atoms with Gasteiger partial charge in [-0.2, -0.15) is 0 Å². The van der Waals surface area contributed by atoms with Crippen molar-refractivity contribution in [2.75, 3.05) is 0 Å². The van der Waals surface area contributed by atoms with Crippen LogP contribution in [0.1, 0.15) is 114 Å². The molecular weight excluding hydrogens is 332 g/mol. The van der Waals surface area contributed by atoms with Gasteiger partial charge in [0, 0.05) is 0 Å². The van der Waals surface area contributed by atoms with Crippen molar-refractivity contribution in [1.29, 1.82) is 0 Å². The van der Waals surface area contributed by atoms with Gasteiger partial charge in [-0.3, -0.25) is 4.79 Å². The monoisotopic (exact) mass is 380 g/mol. The molecule has 0 bridgehead atoms. The third-order valence-corrected chi connectivity index (χ3v) is 7.06. The minimum atomic E-state index is -0.397. The fraction of sp³-hybridized carbons (Fsp3) is 0.960. The summed E-state index contributed by atoms with van der Waals surface area (Å²) in [6, 6.07) is 0. The molecule has 1 rings (SSSR count). The highest BCUT2D eigenvalue weighted by atomic mass is 16.5. The predicted octanol–water partition coefficient (Wildman–Crippen LogP) is 7.65. The predicted molar refractivity (Wildman–Crippen MR) is 117 cm³/mol. The minimum Gasteiger partial charge on any atom is -0.462 e. The van der Waals surface area contributed by atoms with Gasteiger partial charge in [0.15, 0.2) is 0 Å². The van der Waals surface area contributed by atoms with Crippen LogP contribution in [0, 0.1) is 34.0 Å². The lowest BCUT2D eigenvalue weighted by Crippen LogP contribution is -2.41. The Morgan fingerprint density at radius 3 is 1.85 bits per heavy atom. The lowest BCUT2D eigenvalue weighted by Gasteiger charge is -2.41. The maximum absolute atomic E-state index is 13.1. The Morgan fingerprint density at radius 2 is 1.44 bits per heavy atom. The average molecular weight is 381 g/mol. The van der Waals surface area contributed by atoms with E-state index in [0.29, 0.717) is 5.41 Å². The van der Waals surface area contributed by atoms with Crippen molar-refractivity contribution in [3.63, 3.8) is 0 Å². The molecule has 0 aromatic rings. The fourth-order valence-corrected chi connectivity index (χ4v) is 4.73. The number of hydrogen-bond donors (Lipinski definition) is 0. The van der Waals surface area contributed by atoms with E-state index >= 15 is 0 Å². The number of carbonyl (C=O) groups excluding carboxylic acids is 1. The van der Waals surface area contributed by atoms with Crippen LogP contribution in [0.25, 0.3) is 0 Å². The molecule has 0 amide bonds. The molecule has 2 heteroatoms. The highest BCUT2D eigenvalue weighted by Crippen LogP contribution is 2.44. The van der Waals surface area contributed by atoms with Gasteiger partial charge < -0.3 is 4.74 Å². The average Bonchev–Trinajstić information content (AvgIpc) is 2.51. The van der Waals surface area contributed by atoms with Crippen LogP contribution in [-0.2, 0) is 9.53 Å². The van der Waals surface area contributed by atoms with Crippen molar-refractivity contribution in [1.82, 2.24) is 0 Å². The van der Waals surface area contributed by atoms with Crippen LogP contribution < -0.4 is 0 Å². The van der Waals surface area contributed by atoms with Crippen molar-refractivity contribution in [3.8, 4) is 0 Å². The Morgan fingerprint density at radius 1 is 0.926 bits per heavy atom. The molecule has 27 heavy (non-hydrogen) atoms. The van der Waals surface area contributed by atoms with Crippen LogP contribution in [0.4, 0.5) is 0 Å². The second-order valence-electron chi connectivity index (χ2n) is 12.1. The molecule has 160 valence electrons. The van der Waals surface area contributed by atoms with Crippen molar-refractivity contribution >= 4 is 5.97 Å². The first-order chi connectivity index (χ1) is 12.2. The molecule has 1 fully saturated rings. The largest absolute Gasteiger partial charge is 0.462 e. The summed E-state index contributed by atoms with van der Waals surface area (Å²) < 4.78 is 6.08. The molecule has 0 radical (unpaired) electrons. The molecule has 0 aromatic heterocycles. The smallest absolute Gasteiger partial charge is 0.312 e. The van der Waals surface area contributed by atoms with Gasteiger partial charge in [0.25, 0.3) is 0 Å². The summed E-state index contributed by atoms with van der Waals surface area (Å²) in [7, 11) is 0. The van der Waals surface area contributed by atoms with Gasteiger partial charge in [0.2, 0.25) is 0 Å². The third-order valence-electron chi connectivity index (χ3n) is 7.06. The summed E-state index contributed by atoms with van der Waals surface area (Å²) in [6.45, 7) is 22.6. The molecule has 1 unspecified atom stereocenters. The fourth-order valence-electron chi connectivity index (χ4n) is 4.73. The lowest BCUT2D eigenvalue weighted by atomic mass is 9.67. The van der Waals surface area contributed by atoms with Crippen LogP contribution in [0.3, 0.4) is 0 Å². The Labute approximate surface area is 170 Å². The van der Waals surface area contributed by atoms with Crippen LogP contribution in [0.2, 0.25) is 0 Å². The van der Waals surface area contributed by atoms with E-state index in [1.165, 1.54) is 25.7 Å². The quantitative estimate of drug-likeness (QED) is 0.404. The Kier molecular flexibility index (Phi) is 8.45. The molecule has 0 aliphatic heterocycles. The first-order valence-corrected chi connectivity index (χ1v) is 11.4. The summed E-state index contributed by atoms with van der Waals surface area (Å²) >= 11 is 0. The molecule has 0 saturated heterocycles. The highest BCUT2D eigenvalue weighted by Gasteiger charge is 2.43. The normalized spacial score (nSPS) is 24.1. The number of rotatable bonds is 8. The van der Waals surface area contributed by atoms with E-state index in [9.17, 15) is 4.79 Å². The molecule has 0 N–H and O–H groups in total. The zero-order valence-corrected chi connectivity index (χ0v) is 20.1. The zero-order chi connectivity index (χ0) is 21.0. The van der Waals surface area contributed by atoms with Gasteiger partial charge >= 0.3 is 5.97 Å². The lowest BCUT2D eigenvalue weighted by molar-refractivity contribution is -0.168. The van der Waals surface area contributed by atoms with Crippen molar-refractivity contribution in [2.45, 2.75) is 120 Å². The number of ether oxygens (including phenoxy) is 1. The third kappa shape index (κ3) is 7.42. The first kappa shape index (κ1) is 24.5. The summed E-state index contributed by atoms with van der Waals surface area (Å²) in [5.74, 6) is 1.85. The minimum absolute atomic E-state index is 0.0231. The second kappa shape index (κ2) is 9.31. The number of hydrogen-bond acceptors (Lipinski definition) is 2. The summed E-state index contributed by atoms with van der Waals surface area (Å²) in [4.78, 5) is 13.1. The molecule has 1 saturated carbocycles. The highest BCUT2D eigenvalue weighted by molar-refractivity contribution is 5.77. The van der Waals surface area contributed by atoms with Crippen molar-refractivity contribution < 1.29 is 9.53 Å². The topological polar surface area (TPSA) is 26.3 Å². The van der Waals surface area contributed by atoms with E-state index in [4.69, 9.17) is 4.74 Å². The van der Waals surface area contributed by atoms with Crippen molar-refractivity contribution in [2.24, 2.45) is 34.0 Å². The van der Waals surface area contributed by atoms with Crippen LogP contribution >= 0.6 is 0 Å². The molecule has 1 aliphatic carbocycles. The summed E-state index contributed by atoms with van der Waals surface area (Å²) in [6.07, 6.45) is 8.05. The van der Waals surface area contributed by atoms with Crippen molar-refractivity contribution in [3.05, 3.63) is 0 Å². The van der Waals surface area contributed by atoms with Gasteiger partial charge in [-0.15, -0.1) is 0 Å². The molecule has 1 atom stereocenters. The van der Waals surface area contributed by atoms with Gasteiger partial charge in [-0.05, 0) is 74.0 Å².